The molecule has 2 rings (SSSR count). The zero-order chi connectivity index (χ0) is 13.0. The van der Waals surface area contributed by atoms with E-state index in [1.165, 1.54) is 31.2 Å². The van der Waals surface area contributed by atoms with Gasteiger partial charge in [-0.05, 0) is 49.4 Å². The van der Waals surface area contributed by atoms with Crippen LogP contribution in [-0.2, 0) is 6.54 Å². The molecule has 0 unspecified atom stereocenters. The molecule has 0 heterocycles. The van der Waals surface area contributed by atoms with Crippen molar-refractivity contribution >= 4 is 15.9 Å². The summed E-state index contributed by atoms with van der Waals surface area (Å²) < 4.78 is 6.42. The molecule has 100 valence electrons. The van der Waals surface area contributed by atoms with Gasteiger partial charge in [0.15, 0.2) is 0 Å². The normalized spacial score (nSPS) is 17.9. The fourth-order valence-corrected chi connectivity index (χ4v) is 3.10. The van der Waals surface area contributed by atoms with E-state index in [2.05, 4.69) is 40.3 Å². The van der Waals surface area contributed by atoms with Crippen LogP contribution in [-0.4, -0.2) is 13.2 Å². The van der Waals surface area contributed by atoms with Crippen LogP contribution < -0.4 is 10.1 Å². The molecule has 3 heteroatoms. The Morgan fingerprint density at radius 1 is 1.39 bits per heavy atom. The number of hydrogen-bond donors (Lipinski definition) is 1. The Morgan fingerprint density at radius 3 is 2.78 bits per heavy atom. The van der Waals surface area contributed by atoms with Gasteiger partial charge in [-0.3, -0.25) is 0 Å². The van der Waals surface area contributed by atoms with Gasteiger partial charge in [-0.2, -0.15) is 0 Å². The molecule has 0 amide bonds. The van der Waals surface area contributed by atoms with E-state index in [0.29, 0.717) is 6.04 Å². The van der Waals surface area contributed by atoms with Crippen molar-refractivity contribution in [2.45, 2.75) is 45.2 Å². The molecule has 1 aromatic rings. The van der Waals surface area contributed by atoms with E-state index in [1.54, 1.807) is 7.11 Å². The molecule has 1 aliphatic carbocycles. The second-order valence-corrected chi connectivity index (χ2v) is 6.03. The van der Waals surface area contributed by atoms with Crippen molar-refractivity contribution in [3.05, 3.63) is 28.2 Å². The Bertz CT molecular complexity index is 388. The molecule has 1 aliphatic rings. The van der Waals surface area contributed by atoms with Crippen LogP contribution >= 0.6 is 15.9 Å². The van der Waals surface area contributed by atoms with E-state index < -0.39 is 0 Å². The summed E-state index contributed by atoms with van der Waals surface area (Å²) in [6.07, 6.45) is 5.57. The minimum absolute atomic E-state index is 0.602. The van der Waals surface area contributed by atoms with Gasteiger partial charge in [-0.15, -0.1) is 0 Å². The molecule has 0 aliphatic heterocycles. The number of ether oxygens (including phenoxy) is 1. The first kappa shape index (κ1) is 13.9. The van der Waals surface area contributed by atoms with Crippen molar-refractivity contribution in [2.75, 3.05) is 7.11 Å². The molecule has 0 radical (unpaired) electrons. The van der Waals surface area contributed by atoms with Gasteiger partial charge in [-0.1, -0.05) is 28.8 Å². The van der Waals surface area contributed by atoms with Gasteiger partial charge in [0.05, 0.1) is 7.11 Å². The minimum Gasteiger partial charge on any atom is -0.497 e. The molecule has 0 bridgehead atoms. The highest BCUT2D eigenvalue weighted by atomic mass is 79.9. The Labute approximate surface area is 118 Å². The maximum Gasteiger partial charge on any atom is 0.119 e. The fourth-order valence-electron chi connectivity index (χ4n) is 2.71. The first-order chi connectivity index (χ1) is 8.70. The third kappa shape index (κ3) is 3.48. The van der Waals surface area contributed by atoms with Gasteiger partial charge >= 0.3 is 0 Å². The van der Waals surface area contributed by atoms with Crippen molar-refractivity contribution < 1.29 is 4.74 Å². The van der Waals surface area contributed by atoms with Crippen LogP contribution in [0.2, 0.25) is 0 Å². The largest absolute Gasteiger partial charge is 0.497 e. The average molecular weight is 312 g/mol. The third-order valence-corrected chi connectivity index (χ3v) is 4.75. The van der Waals surface area contributed by atoms with Crippen molar-refractivity contribution in [1.82, 2.24) is 5.32 Å². The molecule has 18 heavy (non-hydrogen) atoms. The first-order valence-electron chi connectivity index (χ1n) is 6.76. The standard InChI is InChI=1S/C15H22BrNO/c1-11(12-5-3-4-6-12)17-10-13-9-14(18-2)7-8-15(13)16/h7-9,11-12,17H,3-6,10H2,1-2H3/t11-/m1/s1. The molecule has 1 fully saturated rings. The van der Waals surface area contributed by atoms with Crippen molar-refractivity contribution in [1.29, 1.82) is 0 Å². The summed E-state index contributed by atoms with van der Waals surface area (Å²) >= 11 is 3.60. The monoisotopic (exact) mass is 311 g/mol. The molecule has 0 spiro atoms. The number of nitrogens with one attached hydrogen (secondary N) is 1. The van der Waals surface area contributed by atoms with Crippen molar-refractivity contribution in [2.24, 2.45) is 5.92 Å². The topological polar surface area (TPSA) is 21.3 Å². The zero-order valence-corrected chi connectivity index (χ0v) is 12.8. The number of methoxy groups -OCH3 is 1. The van der Waals surface area contributed by atoms with Gasteiger partial charge in [-0.25, -0.2) is 0 Å². The van der Waals surface area contributed by atoms with Crippen LogP contribution in [0.5, 0.6) is 5.75 Å². The molecule has 0 aromatic heterocycles. The fraction of sp³-hybridized carbons (Fsp3) is 0.600. The van der Waals surface area contributed by atoms with Crippen LogP contribution in [0.4, 0.5) is 0 Å². The number of rotatable bonds is 5. The molecule has 1 aromatic carbocycles. The lowest BCUT2D eigenvalue weighted by Gasteiger charge is -2.21. The third-order valence-electron chi connectivity index (χ3n) is 3.97. The van der Waals surface area contributed by atoms with Crippen molar-refractivity contribution in [3.63, 3.8) is 0 Å². The molecule has 1 N–H and O–H groups in total. The number of halogens is 1. The van der Waals surface area contributed by atoms with E-state index in [0.717, 1.165) is 22.7 Å². The highest BCUT2D eigenvalue weighted by Crippen LogP contribution is 2.28. The Morgan fingerprint density at radius 2 is 2.11 bits per heavy atom. The van der Waals surface area contributed by atoms with Gasteiger partial charge in [0.1, 0.15) is 5.75 Å². The molecular weight excluding hydrogens is 290 g/mol. The quantitative estimate of drug-likeness (QED) is 0.883. The SMILES string of the molecule is COc1ccc(Br)c(CN[C@H](C)C2CCCC2)c1. The van der Waals surface area contributed by atoms with E-state index in [1.807, 2.05) is 6.07 Å². The summed E-state index contributed by atoms with van der Waals surface area (Å²) in [6, 6.07) is 6.73. The maximum absolute atomic E-state index is 5.27. The summed E-state index contributed by atoms with van der Waals surface area (Å²) in [5, 5.41) is 3.65. The minimum atomic E-state index is 0.602. The zero-order valence-electron chi connectivity index (χ0n) is 11.2. The summed E-state index contributed by atoms with van der Waals surface area (Å²) in [7, 11) is 1.71. The van der Waals surface area contributed by atoms with E-state index in [4.69, 9.17) is 4.74 Å². The summed E-state index contributed by atoms with van der Waals surface area (Å²) in [4.78, 5) is 0. The lowest BCUT2D eigenvalue weighted by atomic mass is 9.99. The van der Waals surface area contributed by atoms with Crippen molar-refractivity contribution in [3.8, 4) is 5.75 Å². The van der Waals surface area contributed by atoms with Crippen LogP contribution in [0, 0.1) is 5.92 Å². The van der Waals surface area contributed by atoms with E-state index in [-0.39, 0.29) is 0 Å². The van der Waals surface area contributed by atoms with Gasteiger partial charge in [0, 0.05) is 17.1 Å². The second-order valence-electron chi connectivity index (χ2n) is 5.17. The molecular formula is C15H22BrNO. The molecule has 2 nitrogen and oxygen atoms in total. The lowest BCUT2D eigenvalue weighted by Crippen LogP contribution is -2.31. The first-order valence-corrected chi connectivity index (χ1v) is 7.56. The van der Waals surface area contributed by atoms with Crippen LogP contribution in [0.3, 0.4) is 0 Å². The highest BCUT2D eigenvalue weighted by Gasteiger charge is 2.21. The lowest BCUT2D eigenvalue weighted by molar-refractivity contribution is 0.379. The molecule has 1 saturated carbocycles. The Kier molecular flexibility index (Phi) is 5.07. The average Bonchev–Trinajstić information content (AvgIpc) is 2.91. The smallest absolute Gasteiger partial charge is 0.119 e. The highest BCUT2D eigenvalue weighted by molar-refractivity contribution is 9.10. The van der Waals surface area contributed by atoms with Crippen LogP contribution in [0.25, 0.3) is 0 Å². The van der Waals surface area contributed by atoms with E-state index in [9.17, 15) is 0 Å². The maximum atomic E-state index is 5.27. The summed E-state index contributed by atoms with van der Waals surface area (Å²) in [5.41, 5.74) is 1.26. The molecule has 1 atom stereocenters. The Hall–Kier alpha value is -0.540. The summed E-state index contributed by atoms with van der Waals surface area (Å²) in [6.45, 7) is 3.21. The predicted octanol–water partition coefficient (Wildman–Crippen LogP) is 4.13. The van der Waals surface area contributed by atoms with Gasteiger partial charge in [0.25, 0.3) is 0 Å². The number of hydrogen-bond acceptors (Lipinski definition) is 2. The van der Waals surface area contributed by atoms with Gasteiger partial charge < -0.3 is 10.1 Å². The number of benzene rings is 1. The van der Waals surface area contributed by atoms with Gasteiger partial charge in [0.2, 0.25) is 0 Å². The van der Waals surface area contributed by atoms with Crippen LogP contribution in [0.1, 0.15) is 38.2 Å². The molecule has 0 saturated heterocycles. The predicted molar refractivity (Wildman–Crippen MR) is 79.0 cm³/mol. The van der Waals surface area contributed by atoms with E-state index >= 15 is 0 Å². The Balaban J connectivity index is 1.92. The summed E-state index contributed by atoms with van der Waals surface area (Å²) in [5.74, 6) is 1.78. The van der Waals surface area contributed by atoms with Crippen LogP contribution in [0.15, 0.2) is 22.7 Å². The second kappa shape index (κ2) is 6.58.